The molecule has 2 heterocycles. The Morgan fingerprint density at radius 2 is 0.632 bits per heavy atom. The molecule has 38 heavy (non-hydrogen) atoms. The number of hydrogen-bond donors (Lipinski definition) is 0. The molecular formula is C26H36N6O6. The maximum absolute atomic E-state index is 5.68. The van der Waals surface area contributed by atoms with Crippen LogP contribution >= 0.6 is 0 Å². The predicted octanol–water partition coefficient (Wildman–Crippen LogP) is 4.11. The van der Waals surface area contributed by atoms with Crippen molar-refractivity contribution in [1.29, 1.82) is 0 Å². The van der Waals surface area contributed by atoms with Gasteiger partial charge in [-0.3, -0.25) is 0 Å². The third-order valence-corrected chi connectivity index (χ3v) is 3.94. The molecule has 0 radical (unpaired) electrons. The summed E-state index contributed by atoms with van der Waals surface area (Å²) in [6.45, 7) is 24.2. The monoisotopic (exact) mass is 528 g/mol. The zero-order chi connectivity index (χ0) is 27.9. The molecule has 12 nitrogen and oxygen atoms in total. The molecule has 0 unspecified atom stereocenters. The Kier molecular flexibility index (Phi) is 12.5. The predicted molar refractivity (Wildman–Crippen MR) is 141 cm³/mol. The molecule has 0 spiro atoms. The van der Waals surface area contributed by atoms with Crippen LogP contribution < -0.4 is 28.4 Å². The van der Waals surface area contributed by atoms with Crippen LogP contribution in [0, 0.1) is 0 Å². The van der Waals surface area contributed by atoms with Crippen LogP contribution in [0.2, 0.25) is 0 Å². The lowest BCUT2D eigenvalue weighted by molar-refractivity contribution is 0.224. The fraction of sp³-hybridized carbons (Fsp3) is 0.462. The van der Waals surface area contributed by atoms with E-state index >= 15 is 0 Å². The van der Waals surface area contributed by atoms with Crippen LogP contribution in [-0.2, 0) is 0 Å². The first-order valence-corrected chi connectivity index (χ1v) is 12.0. The quantitative estimate of drug-likeness (QED) is 0.192. The van der Waals surface area contributed by atoms with E-state index in [9.17, 15) is 0 Å². The van der Waals surface area contributed by atoms with E-state index in [1.54, 1.807) is 0 Å². The highest BCUT2D eigenvalue weighted by Crippen LogP contribution is 2.17. The highest BCUT2D eigenvalue weighted by atomic mass is 16.5. The minimum absolute atomic E-state index is 0.0854. The fourth-order valence-corrected chi connectivity index (χ4v) is 2.31. The van der Waals surface area contributed by atoms with E-state index in [4.69, 9.17) is 28.4 Å². The zero-order valence-corrected chi connectivity index (χ0v) is 22.6. The number of aromatic nitrogens is 6. The van der Waals surface area contributed by atoms with Crippen LogP contribution in [0.5, 0.6) is 36.1 Å². The number of hydrogen-bond acceptors (Lipinski definition) is 12. The molecule has 0 saturated heterocycles. The van der Waals surface area contributed by atoms with Gasteiger partial charge in [-0.1, -0.05) is 26.3 Å². The molecule has 0 aliphatic heterocycles. The molecule has 0 saturated carbocycles. The van der Waals surface area contributed by atoms with Crippen LogP contribution in [-0.4, -0.2) is 69.5 Å². The van der Waals surface area contributed by atoms with Crippen LogP contribution in [0.15, 0.2) is 48.6 Å². The van der Waals surface area contributed by atoms with Crippen molar-refractivity contribution in [2.24, 2.45) is 0 Å². The van der Waals surface area contributed by atoms with Gasteiger partial charge in [-0.2, -0.15) is 0 Å². The Bertz CT molecular complexity index is 963. The second-order valence-corrected chi connectivity index (χ2v) is 8.75. The van der Waals surface area contributed by atoms with Gasteiger partial charge in [0.25, 0.3) is 0 Å². The summed E-state index contributed by atoms with van der Waals surface area (Å²) in [5, 5.41) is 0. The highest BCUT2D eigenvalue weighted by molar-refractivity contribution is 5.11. The second-order valence-electron chi connectivity index (χ2n) is 8.75. The topological polar surface area (TPSA) is 133 Å². The summed E-state index contributed by atoms with van der Waals surface area (Å²) in [4.78, 5) is 24.9. The van der Waals surface area contributed by atoms with Crippen molar-refractivity contribution in [2.75, 3.05) is 39.6 Å². The normalized spacial score (nSPS) is 10.3. The number of nitrogens with zero attached hydrogens (tertiary/aromatic N) is 6. The van der Waals surface area contributed by atoms with E-state index in [1.807, 2.05) is 27.7 Å². The molecule has 0 N–H and O–H groups in total. The Balaban J connectivity index is 1.89. The van der Waals surface area contributed by atoms with Gasteiger partial charge < -0.3 is 28.4 Å². The summed E-state index contributed by atoms with van der Waals surface area (Å²) in [7, 11) is 0. The van der Waals surface area contributed by atoms with Crippen molar-refractivity contribution in [1.82, 2.24) is 29.9 Å². The van der Waals surface area contributed by atoms with Gasteiger partial charge in [-0.15, -0.1) is 29.9 Å². The molecule has 0 fully saturated rings. The third kappa shape index (κ3) is 12.7. The van der Waals surface area contributed by atoms with Gasteiger partial charge in [0, 0.05) is 0 Å². The second kappa shape index (κ2) is 15.8. The Morgan fingerprint density at radius 1 is 0.421 bits per heavy atom. The lowest BCUT2D eigenvalue weighted by Crippen LogP contribution is -2.11. The average Bonchev–Trinajstić information content (AvgIpc) is 2.85. The zero-order valence-electron chi connectivity index (χ0n) is 22.6. The van der Waals surface area contributed by atoms with Gasteiger partial charge in [0.1, 0.15) is 26.4 Å². The third-order valence-electron chi connectivity index (χ3n) is 3.94. The van der Waals surface area contributed by atoms with Crippen LogP contribution in [0.25, 0.3) is 0 Å². The van der Waals surface area contributed by atoms with Crippen molar-refractivity contribution < 1.29 is 28.4 Å². The van der Waals surface area contributed by atoms with Crippen LogP contribution in [0.1, 0.15) is 40.5 Å². The van der Waals surface area contributed by atoms with Crippen molar-refractivity contribution in [2.45, 2.75) is 40.5 Å². The first-order valence-electron chi connectivity index (χ1n) is 12.0. The first kappa shape index (κ1) is 30.0. The van der Waals surface area contributed by atoms with Gasteiger partial charge in [0.05, 0.1) is 13.2 Å². The van der Waals surface area contributed by atoms with Gasteiger partial charge >= 0.3 is 36.1 Å². The van der Waals surface area contributed by atoms with E-state index in [1.165, 1.54) is 0 Å². The highest BCUT2D eigenvalue weighted by Gasteiger charge is 2.12. The lowest BCUT2D eigenvalue weighted by atomic mass is 10.3. The van der Waals surface area contributed by atoms with E-state index in [0.717, 1.165) is 22.3 Å². The molecular weight excluding hydrogens is 492 g/mol. The summed E-state index contributed by atoms with van der Waals surface area (Å²) in [6.07, 6.45) is 1.28. The Hall–Kier alpha value is -4.22. The number of ether oxygens (including phenoxy) is 6. The van der Waals surface area contributed by atoms with Gasteiger partial charge in [-0.05, 0) is 62.8 Å². The molecule has 2 aromatic heterocycles. The summed E-state index contributed by atoms with van der Waals surface area (Å²) in [5.41, 5.74) is 3.28. The average molecular weight is 529 g/mol. The molecule has 0 bridgehead atoms. The molecule has 12 heteroatoms. The Labute approximate surface area is 223 Å². The largest absolute Gasteiger partial charge is 0.463 e. The fourth-order valence-electron chi connectivity index (χ4n) is 2.31. The van der Waals surface area contributed by atoms with E-state index in [2.05, 4.69) is 56.2 Å². The standard InChI is InChI=1S/C26H36N6O6/c1-17(2)13-35-23-27-21(28-24(31-23)36-14-18(3)4)33-11-9-10-12-34-22-29-25(37-15-19(5)6)32-26(30-22)38-16-20(7)8/h1,3,5,7,9-16H2,2,4,6,8H3. The van der Waals surface area contributed by atoms with Gasteiger partial charge in [0.15, 0.2) is 0 Å². The van der Waals surface area contributed by atoms with E-state index in [-0.39, 0.29) is 62.5 Å². The molecule has 2 aromatic rings. The summed E-state index contributed by atoms with van der Waals surface area (Å²) < 4.78 is 33.4. The maximum atomic E-state index is 5.68. The number of rotatable bonds is 19. The Morgan fingerprint density at radius 3 is 0.842 bits per heavy atom. The summed E-state index contributed by atoms with van der Waals surface area (Å²) >= 11 is 0. The summed E-state index contributed by atoms with van der Waals surface area (Å²) in [6, 6.07) is 0.518. The van der Waals surface area contributed by atoms with Crippen molar-refractivity contribution in [3.63, 3.8) is 0 Å². The minimum Gasteiger partial charge on any atom is -0.463 e. The van der Waals surface area contributed by atoms with Gasteiger partial charge in [-0.25, -0.2) is 0 Å². The summed E-state index contributed by atoms with van der Waals surface area (Å²) in [5.74, 6) is 0. The smallest absolute Gasteiger partial charge is 0.326 e. The maximum Gasteiger partial charge on any atom is 0.326 e. The SMILES string of the molecule is C=C(C)COc1nc(OCCCCOc2nc(OCC(=C)C)nc(OCC(=C)C)n2)nc(OCC(=C)C)n1. The minimum atomic E-state index is 0.0854. The molecule has 0 aliphatic carbocycles. The van der Waals surface area contributed by atoms with Crippen molar-refractivity contribution in [3.8, 4) is 36.1 Å². The van der Waals surface area contributed by atoms with Crippen LogP contribution in [0.4, 0.5) is 0 Å². The molecule has 0 aliphatic rings. The molecule has 0 amide bonds. The van der Waals surface area contributed by atoms with Crippen molar-refractivity contribution in [3.05, 3.63) is 48.6 Å². The molecule has 0 aromatic carbocycles. The van der Waals surface area contributed by atoms with Crippen LogP contribution in [0.3, 0.4) is 0 Å². The van der Waals surface area contributed by atoms with Gasteiger partial charge in [0.2, 0.25) is 0 Å². The number of unbranched alkanes of at least 4 members (excludes halogenated alkanes) is 1. The van der Waals surface area contributed by atoms with Crippen molar-refractivity contribution >= 4 is 0 Å². The van der Waals surface area contributed by atoms with E-state index in [0.29, 0.717) is 26.1 Å². The first-order chi connectivity index (χ1) is 18.1. The molecule has 0 atom stereocenters. The lowest BCUT2D eigenvalue weighted by Gasteiger charge is -2.11. The molecule has 2 rings (SSSR count). The van der Waals surface area contributed by atoms with E-state index < -0.39 is 0 Å². The molecule has 206 valence electrons.